The zero-order valence-electron chi connectivity index (χ0n) is 21.3. The molecule has 184 valence electrons. The summed E-state index contributed by atoms with van der Waals surface area (Å²) >= 11 is 0. The quantitative estimate of drug-likeness (QED) is 0.242. The highest BCUT2D eigenvalue weighted by atomic mass is 16.5. The van der Waals surface area contributed by atoms with Crippen molar-refractivity contribution >= 4 is 0 Å². The highest BCUT2D eigenvalue weighted by Gasteiger charge is 2.22. The Bertz CT molecular complexity index is 1060. The maximum absolute atomic E-state index is 6.25. The monoisotopic (exact) mass is 467 g/mol. The van der Waals surface area contributed by atoms with Crippen LogP contribution in [0.4, 0.5) is 0 Å². The van der Waals surface area contributed by atoms with E-state index in [1.165, 1.54) is 6.39 Å². The molecule has 0 radical (unpaired) electrons. The maximum atomic E-state index is 6.25. The van der Waals surface area contributed by atoms with Gasteiger partial charge in [0.1, 0.15) is 17.2 Å². The van der Waals surface area contributed by atoms with Gasteiger partial charge in [-0.15, -0.1) is 0 Å². The van der Waals surface area contributed by atoms with E-state index in [0.29, 0.717) is 30.5 Å². The highest BCUT2D eigenvalue weighted by Crippen LogP contribution is 2.43. The molecule has 1 aromatic heterocycles. The Morgan fingerprint density at radius 3 is 2.12 bits per heavy atom. The Balaban J connectivity index is 2.11. The average molecular weight is 468 g/mol. The van der Waals surface area contributed by atoms with E-state index in [1.807, 2.05) is 24.3 Å². The van der Waals surface area contributed by atoms with Crippen molar-refractivity contribution in [3.8, 4) is 45.6 Å². The number of unbranched alkanes of at least 4 members (excludes halogenated alkanes) is 2. The van der Waals surface area contributed by atoms with Gasteiger partial charge in [-0.2, -0.15) is 0 Å². The summed E-state index contributed by atoms with van der Waals surface area (Å²) in [5.41, 5.74) is 3.58. The molecule has 3 aromatic rings. The molecule has 0 unspecified atom stereocenters. The summed E-state index contributed by atoms with van der Waals surface area (Å²) in [6.45, 7) is 9.96. The first-order chi connectivity index (χ1) is 16.5. The van der Waals surface area contributed by atoms with E-state index in [-0.39, 0.29) is 5.92 Å². The summed E-state index contributed by atoms with van der Waals surface area (Å²) in [5, 5.41) is 0. The number of hydrogen-bond acceptors (Lipinski definition) is 6. The molecule has 6 nitrogen and oxygen atoms in total. The number of ether oxygens (including phenoxy) is 4. The standard InChI is InChI=1S/C28H37NO5/c1-7-9-13-32-24-17-25(33-14-10-8-2)22(16-21(24)19(3)4)27-28(34-18-29-27)20-11-12-23(30-5)26(15-20)31-6/h11-12,15-19H,7-10,13-14H2,1-6H3. The predicted molar refractivity (Wildman–Crippen MR) is 135 cm³/mol. The van der Waals surface area contributed by atoms with Gasteiger partial charge in [0.15, 0.2) is 23.7 Å². The normalized spacial score (nSPS) is 11.0. The summed E-state index contributed by atoms with van der Waals surface area (Å²) in [6, 6.07) is 9.85. The largest absolute Gasteiger partial charge is 0.493 e. The third kappa shape index (κ3) is 5.85. The van der Waals surface area contributed by atoms with Gasteiger partial charge in [0.2, 0.25) is 0 Å². The van der Waals surface area contributed by atoms with Crippen LogP contribution in [-0.2, 0) is 0 Å². The summed E-state index contributed by atoms with van der Waals surface area (Å²) in [4.78, 5) is 4.60. The van der Waals surface area contributed by atoms with Crippen LogP contribution in [0.1, 0.15) is 64.9 Å². The fraction of sp³-hybridized carbons (Fsp3) is 0.464. The van der Waals surface area contributed by atoms with Crippen LogP contribution in [0.15, 0.2) is 41.1 Å². The molecule has 2 aromatic carbocycles. The van der Waals surface area contributed by atoms with Gasteiger partial charge in [-0.3, -0.25) is 0 Å². The van der Waals surface area contributed by atoms with E-state index in [2.05, 4.69) is 38.7 Å². The minimum absolute atomic E-state index is 0.275. The van der Waals surface area contributed by atoms with Crippen molar-refractivity contribution in [2.75, 3.05) is 27.4 Å². The van der Waals surface area contributed by atoms with Crippen LogP contribution < -0.4 is 18.9 Å². The SMILES string of the molecule is CCCCOc1cc(OCCCC)c(C(C)C)cc1-c1ncoc1-c1ccc(OC)c(OC)c1. The first-order valence-corrected chi connectivity index (χ1v) is 12.1. The second kappa shape index (κ2) is 12.4. The molecule has 0 saturated carbocycles. The zero-order valence-corrected chi connectivity index (χ0v) is 21.3. The van der Waals surface area contributed by atoms with Gasteiger partial charge in [0.25, 0.3) is 0 Å². The maximum Gasteiger partial charge on any atom is 0.182 e. The molecule has 0 bridgehead atoms. The molecular weight excluding hydrogens is 430 g/mol. The van der Waals surface area contributed by atoms with Crippen molar-refractivity contribution in [3.05, 3.63) is 42.3 Å². The second-order valence-electron chi connectivity index (χ2n) is 8.54. The van der Waals surface area contributed by atoms with Gasteiger partial charge in [-0.1, -0.05) is 40.5 Å². The summed E-state index contributed by atoms with van der Waals surface area (Å²) in [5.74, 6) is 3.83. The Morgan fingerprint density at radius 2 is 1.50 bits per heavy atom. The van der Waals surface area contributed by atoms with E-state index >= 15 is 0 Å². The van der Waals surface area contributed by atoms with Gasteiger partial charge in [0, 0.05) is 17.2 Å². The Hall–Kier alpha value is -3.15. The van der Waals surface area contributed by atoms with E-state index in [4.69, 9.17) is 23.4 Å². The second-order valence-corrected chi connectivity index (χ2v) is 8.54. The van der Waals surface area contributed by atoms with Crippen molar-refractivity contribution < 1.29 is 23.4 Å². The lowest BCUT2D eigenvalue weighted by Crippen LogP contribution is -2.05. The number of oxazole rings is 1. The van der Waals surface area contributed by atoms with Crippen LogP contribution in [-0.4, -0.2) is 32.4 Å². The fourth-order valence-corrected chi connectivity index (χ4v) is 3.73. The van der Waals surface area contributed by atoms with Gasteiger partial charge in [-0.25, -0.2) is 4.98 Å². The lowest BCUT2D eigenvalue weighted by Gasteiger charge is -2.19. The molecule has 0 aliphatic rings. The molecule has 0 spiro atoms. The third-order valence-electron chi connectivity index (χ3n) is 5.71. The number of rotatable bonds is 13. The average Bonchev–Trinajstić information content (AvgIpc) is 3.33. The van der Waals surface area contributed by atoms with Crippen molar-refractivity contribution in [3.63, 3.8) is 0 Å². The number of nitrogens with zero attached hydrogens (tertiary/aromatic N) is 1. The summed E-state index contributed by atoms with van der Waals surface area (Å²) < 4.78 is 29.2. The zero-order chi connectivity index (χ0) is 24.5. The molecule has 0 aliphatic heterocycles. The number of aromatic nitrogens is 1. The lowest BCUT2D eigenvalue weighted by molar-refractivity contribution is 0.292. The van der Waals surface area contributed by atoms with Gasteiger partial charge in [-0.05, 0) is 48.6 Å². The van der Waals surface area contributed by atoms with Crippen LogP contribution in [0.5, 0.6) is 23.0 Å². The van der Waals surface area contributed by atoms with E-state index in [9.17, 15) is 0 Å². The van der Waals surface area contributed by atoms with Gasteiger partial charge >= 0.3 is 0 Å². The molecule has 6 heteroatoms. The number of hydrogen-bond donors (Lipinski definition) is 0. The van der Waals surface area contributed by atoms with E-state index < -0.39 is 0 Å². The smallest absolute Gasteiger partial charge is 0.182 e. The number of benzene rings is 2. The van der Waals surface area contributed by atoms with Crippen molar-refractivity contribution in [1.82, 2.24) is 4.98 Å². The van der Waals surface area contributed by atoms with Crippen LogP contribution in [0, 0.1) is 0 Å². The van der Waals surface area contributed by atoms with Crippen LogP contribution in [0.2, 0.25) is 0 Å². The fourth-order valence-electron chi connectivity index (χ4n) is 3.73. The predicted octanol–water partition coefficient (Wildman–Crippen LogP) is 7.51. The Kier molecular flexibility index (Phi) is 9.25. The minimum atomic E-state index is 0.275. The third-order valence-corrected chi connectivity index (χ3v) is 5.71. The summed E-state index contributed by atoms with van der Waals surface area (Å²) in [7, 11) is 3.24. The molecule has 0 amide bonds. The van der Waals surface area contributed by atoms with Gasteiger partial charge < -0.3 is 23.4 Å². The summed E-state index contributed by atoms with van der Waals surface area (Å²) in [6.07, 6.45) is 5.59. The Morgan fingerprint density at radius 1 is 0.824 bits per heavy atom. The molecule has 0 N–H and O–H groups in total. The molecule has 0 aliphatic carbocycles. The van der Waals surface area contributed by atoms with Gasteiger partial charge in [0.05, 0.1) is 27.4 Å². The molecule has 34 heavy (non-hydrogen) atoms. The minimum Gasteiger partial charge on any atom is -0.493 e. The molecule has 0 saturated heterocycles. The lowest BCUT2D eigenvalue weighted by atomic mass is 9.96. The molecule has 3 rings (SSSR count). The van der Waals surface area contributed by atoms with Crippen LogP contribution >= 0.6 is 0 Å². The van der Waals surface area contributed by atoms with E-state index in [1.54, 1.807) is 14.2 Å². The van der Waals surface area contributed by atoms with Crippen molar-refractivity contribution in [1.29, 1.82) is 0 Å². The van der Waals surface area contributed by atoms with Crippen molar-refractivity contribution in [2.45, 2.75) is 59.3 Å². The molecule has 0 atom stereocenters. The Labute approximate surface area is 203 Å². The number of methoxy groups -OCH3 is 2. The van der Waals surface area contributed by atoms with E-state index in [0.717, 1.165) is 59.6 Å². The molecule has 0 fully saturated rings. The first-order valence-electron chi connectivity index (χ1n) is 12.1. The highest BCUT2D eigenvalue weighted by molar-refractivity contribution is 5.82. The first kappa shape index (κ1) is 25.5. The van der Waals surface area contributed by atoms with Crippen LogP contribution in [0.25, 0.3) is 22.6 Å². The van der Waals surface area contributed by atoms with Crippen LogP contribution in [0.3, 0.4) is 0 Å². The molecule has 1 heterocycles. The van der Waals surface area contributed by atoms with Crippen molar-refractivity contribution in [2.24, 2.45) is 0 Å². The topological polar surface area (TPSA) is 63.0 Å². The molecular formula is C28H37NO5.